The first-order chi connectivity index (χ1) is 18.0. The molecule has 2 saturated carbocycles. The number of hydrogen-bond donors (Lipinski definition) is 0. The Morgan fingerprint density at radius 2 is 1.86 bits per heavy atom. The van der Waals surface area contributed by atoms with Gasteiger partial charge in [0.25, 0.3) is 0 Å². The zero-order valence-electron chi connectivity index (χ0n) is 20.5. The van der Waals surface area contributed by atoms with Crippen LogP contribution < -0.4 is 4.74 Å². The number of benzene rings is 2. The van der Waals surface area contributed by atoms with Crippen molar-refractivity contribution < 1.29 is 23.5 Å². The highest BCUT2D eigenvalue weighted by Crippen LogP contribution is 2.47. The molecule has 2 aromatic carbocycles. The number of aromatic nitrogens is 1. The van der Waals surface area contributed by atoms with E-state index in [1.807, 2.05) is 35.2 Å². The van der Waals surface area contributed by atoms with Gasteiger partial charge in [-0.1, -0.05) is 58.7 Å². The number of carbonyl (C=O) groups is 1. The highest BCUT2D eigenvalue weighted by atomic mass is 35.5. The van der Waals surface area contributed by atoms with E-state index in [1.165, 1.54) is 0 Å². The molecule has 3 atom stereocenters. The van der Waals surface area contributed by atoms with E-state index >= 15 is 0 Å². The molecule has 1 amide bonds. The summed E-state index contributed by atoms with van der Waals surface area (Å²) in [6.07, 6.45) is 3.65. The quantitative estimate of drug-likeness (QED) is 0.309. The number of halogens is 2. The Balaban J connectivity index is 1.12. The molecule has 37 heavy (non-hydrogen) atoms. The van der Waals surface area contributed by atoms with Crippen molar-refractivity contribution in [3.05, 3.63) is 69.4 Å². The van der Waals surface area contributed by atoms with Crippen LogP contribution >= 0.6 is 23.2 Å². The summed E-state index contributed by atoms with van der Waals surface area (Å²) >= 11 is 13.2. The molecule has 1 aromatic heterocycles. The van der Waals surface area contributed by atoms with E-state index in [2.05, 4.69) is 5.16 Å². The maximum Gasteiger partial charge on any atom is 0.410 e. The Morgan fingerprint density at radius 3 is 2.51 bits per heavy atom. The molecule has 3 aromatic rings. The van der Waals surface area contributed by atoms with Crippen LogP contribution in [0.5, 0.6) is 5.75 Å². The Morgan fingerprint density at radius 1 is 1.11 bits per heavy atom. The predicted molar refractivity (Wildman–Crippen MR) is 139 cm³/mol. The average Bonchev–Trinajstić information content (AvgIpc) is 3.35. The van der Waals surface area contributed by atoms with Crippen LogP contribution in [0.4, 0.5) is 4.79 Å². The second-order valence-corrected chi connectivity index (χ2v) is 10.9. The van der Waals surface area contributed by atoms with Crippen LogP contribution in [0.3, 0.4) is 0 Å². The molecule has 6 rings (SSSR count). The molecule has 2 aliphatic carbocycles. The summed E-state index contributed by atoms with van der Waals surface area (Å²) in [5, 5.41) is 5.26. The van der Waals surface area contributed by atoms with Gasteiger partial charge in [-0.3, -0.25) is 0 Å². The highest BCUT2D eigenvalue weighted by Gasteiger charge is 2.48. The normalized spacial score (nSPS) is 22.5. The lowest BCUT2D eigenvalue weighted by Gasteiger charge is -2.31. The van der Waals surface area contributed by atoms with E-state index in [-0.39, 0.29) is 30.8 Å². The van der Waals surface area contributed by atoms with Crippen molar-refractivity contribution in [3.63, 3.8) is 0 Å². The second kappa shape index (κ2) is 10.2. The van der Waals surface area contributed by atoms with Crippen molar-refractivity contribution in [2.45, 2.75) is 57.0 Å². The monoisotopic (exact) mass is 542 g/mol. The molecule has 7 nitrogen and oxygen atoms in total. The van der Waals surface area contributed by atoms with Gasteiger partial charge >= 0.3 is 6.09 Å². The third-order valence-electron chi connectivity index (χ3n) is 7.61. The van der Waals surface area contributed by atoms with Crippen LogP contribution in [0.1, 0.15) is 48.5 Å². The summed E-state index contributed by atoms with van der Waals surface area (Å²) in [6.45, 7) is 1.28. The number of piperidine rings is 1. The number of fused-ring (bicyclic) bond motifs is 2. The maximum absolute atomic E-state index is 12.7. The van der Waals surface area contributed by atoms with Crippen molar-refractivity contribution >= 4 is 29.3 Å². The summed E-state index contributed by atoms with van der Waals surface area (Å²) in [6, 6.07) is 13.3. The van der Waals surface area contributed by atoms with E-state index in [4.69, 9.17) is 41.9 Å². The molecule has 194 valence electrons. The van der Waals surface area contributed by atoms with Gasteiger partial charge in [0.1, 0.15) is 23.8 Å². The third kappa shape index (κ3) is 4.92. The van der Waals surface area contributed by atoms with Crippen LogP contribution in [0.2, 0.25) is 10.0 Å². The van der Waals surface area contributed by atoms with Crippen LogP contribution in [-0.4, -0.2) is 42.0 Å². The van der Waals surface area contributed by atoms with Crippen molar-refractivity contribution in [3.8, 4) is 17.0 Å². The maximum atomic E-state index is 12.7. The van der Waals surface area contributed by atoms with E-state index in [0.29, 0.717) is 46.1 Å². The van der Waals surface area contributed by atoms with Crippen molar-refractivity contribution in [1.82, 2.24) is 10.1 Å². The molecule has 1 saturated heterocycles. The Kier molecular flexibility index (Phi) is 6.78. The lowest BCUT2D eigenvalue weighted by molar-refractivity contribution is -0.0114. The number of carbonyl (C=O) groups excluding carboxylic acids is 1. The SMILES string of the molecule is COc1cc(Cl)c(-c2noc(C3CC3)c2COC2CC3CC2CN3C(=O)OCc2ccccc2)c(Cl)c1. The van der Waals surface area contributed by atoms with Crippen molar-refractivity contribution in [1.29, 1.82) is 0 Å². The number of nitrogens with zero attached hydrogens (tertiary/aromatic N) is 2. The highest BCUT2D eigenvalue weighted by molar-refractivity contribution is 6.39. The van der Waals surface area contributed by atoms with Gasteiger partial charge in [0.15, 0.2) is 0 Å². The molecule has 3 unspecified atom stereocenters. The molecule has 9 heteroatoms. The minimum atomic E-state index is -0.254. The van der Waals surface area contributed by atoms with Crippen LogP contribution in [0, 0.1) is 5.92 Å². The molecule has 0 radical (unpaired) electrons. The summed E-state index contributed by atoms with van der Waals surface area (Å²) in [5.74, 6) is 2.06. The fourth-order valence-corrected chi connectivity index (χ4v) is 6.19. The molecule has 2 bridgehead atoms. The molecule has 3 fully saturated rings. The van der Waals surface area contributed by atoms with E-state index in [9.17, 15) is 4.79 Å². The molecule has 0 N–H and O–H groups in total. The second-order valence-electron chi connectivity index (χ2n) is 10.0. The summed E-state index contributed by atoms with van der Waals surface area (Å²) in [4.78, 5) is 14.6. The van der Waals surface area contributed by atoms with Gasteiger partial charge in [0.2, 0.25) is 0 Å². The minimum Gasteiger partial charge on any atom is -0.497 e. The van der Waals surface area contributed by atoms with Crippen molar-refractivity contribution in [2.24, 2.45) is 5.92 Å². The zero-order chi connectivity index (χ0) is 25.5. The molecule has 3 aliphatic rings. The first-order valence-corrected chi connectivity index (χ1v) is 13.4. The zero-order valence-corrected chi connectivity index (χ0v) is 22.0. The summed E-state index contributed by atoms with van der Waals surface area (Å²) < 4.78 is 23.1. The standard InChI is InChI=1S/C28H28Cl2N2O5/c1-34-20-11-22(29)25(23(30)12-20)26-21(27(37-31-26)17-7-8-17)15-35-24-10-19-9-18(24)13-32(19)28(33)36-14-16-5-3-2-4-6-16/h2-6,11-12,17-19,24H,7-10,13-15H2,1H3. The van der Waals surface area contributed by atoms with Gasteiger partial charge in [-0.05, 0) is 43.4 Å². The Bertz CT molecular complexity index is 1270. The van der Waals surface area contributed by atoms with Crippen molar-refractivity contribution in [2.75, 3.05) is 13.7 Å². The number of methoxy groups -OCH3 is 1. The molecule has 2 heterocycles. The number of amides is 1. The van der Waals surface area contributed by atoms with E-state index in [0.717, 1.165) is 42.6 Å². The Labute approximate surface area is 225 Å². The predicted octanol–water partition coefficient (Wildman–Crippen LogP) is 6.85. The van der Waals surface area contributed by atoms with Gasteiger partial charge in [0, 0.05) is 35.5 Å². The number of likely N-dealkylation sites (tertiary alicyclic amines) is 1. The van der Waals surface area contributed by atoms with Gasteiger partial charge in [-0.2, -0.15) is 0 Å². The molecular weight excluding hydrogens is 515 g/mol. The van der Waals surface area contributed by atoms with Gasteiger partial charge in [0.05, 0.1) is 29.9 Å². The van der Waals surface area contributed by atoms with Crippen LogP contribution in [0.15, 0.2) is 47.0 Å². The molecule has 0 spiro atoms. The Hall–Kier alpha value is -2.74. The van der Waals surface area contributed by atoms with Crippen LogP contribution in [-0.2, 0) is 22.7 Å². The smallest absolute Gasteiger partial charge is 0.410 e. The van der Waals surface area contributed by atoms with Crippen LogP contribution in [0.25, 0.3) is 11.3 Å². The summed E-state index contributed by atoms with van der Waals surface area (Å²) in [7, 11) is 1.57. The van der Waals surface area contributed by atoms with E-state index in [1.54, 1.807) is 19.2 Å². The number of ether oxygens (including phenoxy) is 3. The van der Waals surface area contributed by atoms with Gasteiger partial charge in [-0.25, -0.2) is 4.79 Å². The molecule has 1 aliphatic heterocycles. The largest absolute Gasteiger partial charge is 0.497 e. The first-order valence-electron chi connectivity index (χ1n) is 12.6. The fraction of sp³-hybridized carbons (Fsp3) is 0.429. The fourth-order valence-electron chi connectivity index (χ4n) is 5.54. The average molecular weight is 543 g/mol. The lowest BCUT2D eigenvalue weighted by atomic mass is 10.0. The third-order valence-corrected chi connectivity index (χ3v) is 8.21. The lowest BCUT2D eigenvalue weighted by Crippen LogP contribution is -2.42. The first kappa shape index (κ1) is 24.6. The molecular formula is C28H28Cl2N2O5. The van der Waals surface area contributed by atoms with Gasteiger partial charge < -0.3 is 23.6 Å². The summed E-state index contributed by atoms with van der Waals surface area (Å²) in [5.41, 5.74) is 3.13. The number of hydrogen-bond acceptors (Lipinski definition) is 6. The minimum absolute atomic E-state index is 0.0554. The topological polar surface area (TPSA) is 74.0 Å². The van der Waals surface area contributed by atoms with Gasteiger partial charge in [-0.15, -0.1) is 0 Å². The van der Waals surface area contributed by atoms with E-state index < -0.39 is 0 Å². The number of rotatable bonds is 8.